The fourth-order valence-electron chi connectivity index (χ4n) is 3.73. The molecule has 34 heavy (non-hydrogen) atoms. The molecule has 1 unspecified atom stereocenters. The van der Waals surface area contributed by atoms with E-state index in [2.05, 4.69) is 10.6 Å². The molecule has 0 fully saturated rings. The van der Waals surface area contributed by atoms with Gasteiger partial charge in [0.2, 0.25) is 0 Å². The topological polar surface area (TPSA) is 68.8 Å². The highest BCUT2D eigenvalue weighted by atomic mass is 32.1. The minimum Gasteiger partial charge on any atom is -0.493 e. The predicted molar refractivity (Wildman–Crippen MR) is 134 cm³/mol. The smallest absolute Gasteiger partial charge is 0.338 e. The van der Waals surface area contributed by atoms with Crippen molar-refractivity contribution in [3.05, 3.63) is 107 Å². The molecular weight excluding hydrogens is 448 g/mol. The molecule has 1 aliphatic heterocycles. The second kappa shape index (κ2) is 10.9. The van der Waals surface area contributed by atoms with Crippen LogP contribution < -0.4 is 20.1 Å². The minimum absolute atomic E-state index is 0.184. The van der Waals surface area contributed by atoms with E-state index >= 15 is 0 Å². The van der Waals surface area contributed by atoms with Gasteiger partial charge in [-0.3, -0.25) is 0 Å². The number of rotatable bonds is 8. The Labute approximate surface area is 204 Å². The number of hydrogen-bond acceptors (Lipinski definition) is 5. The third kappa shape index (κ3) is 5.55. The van der Waals surface area contributed by atoms with Crippen molar-refractivity contribution >= 4 is 23.3 Å². The molecule has 0 saturated heterocycles. The maximum absolute atomic E-state index is 13.1. The Morgan fingerprint density at radius 3 is 2.21 bits per heavy atom. The molecule has 3 aromatic carbocycles. The van der Waals surface area contributed by atoms with Gasteiger partial charge in [0, 0.05) is 5.70 Å². The van der Waals surface area contributed by atoms with Crippen LogP contribution in [0.4, 0.5) is 0 Å². The lowest BCUT2D eigenvalue weighted by atomic mass is 9.95. The quantitative estimate of drug-likeness (QED) is 0.359. The van der Waals surface area contributed by atoms with Crippen LogP contribution in [0.25, 0.3) is 0 Å². The fourth-order valence-corrected chi connectivity index (χ4v) is 4.00. The molecule has 0 bridgehead atoms. The second-order valence-corrected chi connectivity index (χ2v) is 8.22. The summed E-state index contributed by atoms with van der Waals surface area (Å²) < 4.78 is 17.2. The van der Waals surface area contributed by atoms with Gasteiger partial charge in [0.15, 0.2) is 16.6 Å². The van der Waals surface area contributed by atoms with Crippen molar-refractivity contribution in [3.63, 3.8) is 0 Å². The highest BCUT2D eigenvalue weighted by molar-refractivity contribution is 7.80. The molecule has 6 nitrogen and oxygen atoms in total. The van der Waals surface area contributed by atoms with Crippen LogP contribution in [-0.2, 0) is 22.7 Å². The van der Waals surface area contributed by atoms with Crippen LogP contribution in [0.15, 0.2) is 90.1 Å². The molecule has 1 heterocycles. The monoisotopic (exact) mass is 474 g/mol. The average Bonchev–Trinajstić information content (AvgIpc) is 2.86. The van der Waals surface area contributed by atoms with Gasteiger partial charge in [-0.1, -0.05) is 66.7 Å². The Morgan fingerprint density at radius 1 is 0.912 bits per heavy atom. The second-order valence-electron chi connectivity index (χ2n) is 7.82. The Balaban J connectivity index is 1.55. The van der Waals surface area contributed by atoms with Crippen molar-refractivity contribution < 1.29 is 19.0 Å². The number of carbonyl (C=O) groups is 1. The molecule has 0 amide bonds. The Bertz CT molecular complexity index is 1200. The highest BCUT2D eigenvalue weighted by Crippen LogP contribution is 2.35. The van der Waals surface area contributed by atoms with Crippen LogP contribution in [0, 0.1) is 0 Å². The zero-order valence-electron chi connectivity index (χ0n) is 19.0. The normalized spacial score (nSPS) is 15.2. The van der Waals surface area contributed by atoms with Crippen molar-refractivity contribution in [2.45, 2.75) is 26.2 Å². The van der Waals surface area contributed by atoms with Gasteiger partial charge < -0.3 is 24.8 Å². The van der Waals surface area contributed by atoms with Crippen LogP contribution in [0.1, 0.15) is 29.7 Å². The molecule has 3 aromatic rings. The van der Waals surface area contributed by atoms with Gasteiger partial charge >= 0.3 is 5.97 Å². The first kappa shape index (κ1) is 23.3. The first-order valence-electron chi connectivity index (χ1n) is 10.9. The van der Waals surface area contributed by atoms with E-state index in [1.807, 2.05) is 85.8 Å². The first-order chi connectivity index (χ1) is 16.5. The van der Waals surface area contributed by atoms with E-state index in [0.29, 0.717) is 34.5 Å². The molecule has 174 valence electrons. The molecule has 0 aromatic heterocycles. The molecular formula is C27H26N2O4S. The molecule has 1 atom stereocenters. The average molecular weight is 475 g/mol. The Morgan fingerprint density at radius 2 is 1.56 bits per heavy atom. The molecule has 4 rings (SSSR count). The van der Waals surface area contributed by atoms with Gasteiger partial charge in [0.1, 0.15) is 13.2 Å². The number of thiocarbonyl (C=S) groups is 1. The summed E-state index contributed by atoms with van der Waals surface area (Å²) in [4.78, 5) is 13.1. The van der Waals surface area contributed by atoms with Crippen LogP contribution in [-0.4, -0.2) is 18.2 Å². The summed E-state index contributed by atoms with van der Waals surface area (Å²) in [5.41, 5.74) is 3.89. The number of nitrogens with one attached hydrogen (secondary N) is 2. The number of ether oxygens (including phenoxy) is 3. The van der Waals surface area contributed by atoms with E-state index in [1.165, 1.54) is 0 Å². The molecule has 0 radical (unpaired) electrons. The lowest BCUT2D eigenvalue weighted by Gasteiger charge is -2.30. The van der Waals surface area contributed by atoms with E-state index < -0.39 is 12.0 Å². The van der Waals surface area contributed by atoms with Crippen molar-refractivity contribution in [1.29, 1.82) is 0 Å². The lowest BCUT2D eigenvalue weighted by molar-refractivity contribution is -0.140. The maximum Gasteiger partial charge on any atom is 0.338 e. The molecule has 2 N–H and O–H groups in total. The summed E-state index contributed by atoms with van der Waals surface area (Å²) in [7, 11) is 1.59. The Hall–Kier alpha value is -3.84. The van der Waals surface area contributed by atoms with Gasteiger partial charge in [-0.2, -0.15) is 0 Å². The van der Waals surface area contributed by atoms with E-state index in [-0.39, 0.29) is 6.61 Å². The number of methoxy groups -OCH3 is 1. The SMILES string of the molecule is COc1cc(C2NC(=S)NC(C)=C2C(=O)OCc2ccccc2)ccc1OCc1ccccc1. The molecule has 0 aliphatic carbocycles. The van der Waals surface area contributed by atoms with Gasteiger partial charge in [-0.05, 0) is 48.0 Å². The van der Waals surface area contributed by atoms with Crippen LogP contribution >= 0.6 is 12.2 Å². The summed E-state index contributed by atoms with van der Waals surface area (Å²) >= 11 is 5.36. The Kier molecular flexibility index (Phi) is 7.44. The van der Waals surface area contributed by atoms with Gasteiger partial charge in [-0.15, -0.1) is 0 Å². The summed E-state index contributed by atoms with van der Waals surface area (Å²) in [6.07, 6.45) is 0. The predicted octanol–water partition coefficient (Wildman–Crippen LogP) is 4.81. The van der Waals surface area contributed by atoms with Crippen molar-refractivity contribution in [1.82, 2.24) is 10.6 Å². The fraction of sp³-hybridized carbons (Fsp3) is 0.185. The molecule has 0 spiro atoms. The van der Waals surface area contributed by atoms with Gasteiger partial charge in [0.05, 0.1) is 18.7 Å². The maximum atomic E-state index is 13.1. The summed E-state index contributed by atoms with van der Waals surface area (Å²) in [5, 5.41) is 6.65. The van der Waals surface area contributed by atoms with E-state index in [0.717, 1.165) is 16.7 Å². The van der Waals surface area contributed by atoms with E-state index in [9.17, 15) is 4.79 Å². The zero-order valence-corrected chi connectivity index (χ0v) is 19.9. The largest absolute Gasteiger partial charge is 0.493 e. The zero-order chi connectivity index (χ0) is 23.9. The molecule has 1 aliphatic rings. The lowest BCUT2D eigenvalue weighted by Crippen LogP contribution is -2.45. The van der Waals surface area contributed by atoms with Gasteiger partial charge in [0.25, 0.3) is 0 Å². The number of hydrogen-bond donors (Lipinski definition) is 2. The molecule has 7 heteroatoms. The summed E-state index contributed by atoms with van der Waals surface area (Å²) in [6.45, 7) is 2.42. The number of carbonyl (C=O) groups excluding carboxylic acids is 1. The highest BCUT2D eigenvalue weighted by Gasteiger charge is 2.31. The number of esters is 1. The number of benzene rings is 3. The summed E-state index contributed by atoms with van der Waals surface area (Å²) in [6, 6.07) is 24.6. The van der Waals surface area contributed by atoms with E-state index in [4.69, 9.17) is 26.4 Å². The van der Waals surface area contributed by atoms with Crippen LogP contribution in [0.3, 0.4) is 0 Å². The van der Waals surface area contributed by atoms with Crippen LogP contribution in [0.5, 0.6) is 11.5 Å². The summed E-state index contributed by atoms with van der Waals surface area (Å²) in [5.74, 6) is 0.757. The van der Waals surface area contributed by atoms with Crippen molar-refractivity contribution in [2.24, 2.45) is 0 Å². The van der Waals surface area contributed by atoms with Gasteiger partial charge in [-0.25, -0.2) is 4.79 Å². The number of allylic oxidation sites excluding steroid dienone is 1. The third-order valence-electron chi connectivity index (χ3n) is 5.46. The minimum atomic E-state index is -0.492. The van der Waals surface area contributed by atoms with Crippen molar-refractivity contribution in [2.75, 3.05) is 7.11 Å². The standard InChI is InChI=1S/C27H26N2O4S/c1-18-24(26(30)33-17-20-11-7-4-8-12-20)25(29-27(34)28-18)21-13-14-22(23(15-21)31-2)32-16-19-9-5-3-6-10-19/h3-15,25H,16-17H2,1-2H3,(H2,28,29,34). The third-order valence-corrected chi connectivity index (χ3v) is 5.68. The van der Waals surface area contributed by atoms with E-state index in [1.54, 1.807) is 7.11 Å². The first-order valence-corrected chi connectivity index (χ1v) is 11.3. The van der Waals surface area contributed by atoms with Crippen molar-refractivity contribution in [3.8, 4) is 11.5 Å². The molecule has 0 saturated carbocycles. The van der Waals surface area contributed by atoms with Crippen LogP contribution in [0.2, 0.25) is 0 Å².